The normalized spacial score (nSPS) is 12.4. The highest BCUT2D eigenvalue weighted by Gasteiger charge is 2.34. The Labute approximate surface area is 447 Å². The highest BCUT2D eigenvalue weighted by molar-refractivity contribution is 6.31. The number of H-pyrrole nitrogens is 2. The lowest BCUT2D eigenvalue weighted by Gasteiger charge is -2.22. The van der Waals surface area contributed by atoms with E-state index in [-0.39, 0.29) is 23.0 Å². The molecule has 3 aliphatic rings. The Morgan fingerprint density at radius 1 is 0.397 bits per heavy atom. The van der Waals surface area contributed by atoms with Crippen molar-refractivity contribution in [2.45, 2.75) is 0 Å². The second-order valence-electron chi connectivity index (χ2n) is 19.3. The number of nitrogens with zero attached hydrogens (tertiary/aromatic N) is 2. The summed E-state index contributed by atoms with van der Waals surface area (Å²) in [7, 11) is 0. The zero-order valence-electron chi connectivity index (χ0n) is 41.6. The van der Waals surface area contributed by atoms with Crippen LogP contribution in [0.1, 0.15) is 65.0 Å². The van der Waals surface area contributed by atoms with E-state index in [4.69, 9.17) is 14.7 Å². The van der Waals surface area contributed by atoms with Crippen LogP contribution in [0.2, 0.25) is 0 Å². The van der Waals surface area contributed by atoms with Crippen LogP contribution in [-0.2, 0) is 0 Å². The average Bonchev–Trinajstić information content (AvgIpc) is 4.47. The average molecular weight is 1010 g/mol. The first-order valence-corrected chi connectivity index (χ1v) is 25.7. The number of rotatable bonds is 8. The van der Waals surface area contributed by atoms with Gasteiger partial charge in [0.05, 0.1) is 28.3 Å². The van der Waals surface area contributed by atoms with Crippen LogP contribution in [0.3, 0.4) is 0 Å². The van der Waals surface area contributed by atoms with Crippen LogP contribution in [0.5, 0.6) is 11.5 Å². The Morgan fingerprint density at radius 2 is 0.821 bits per heavy atom. The van der Waals surface area contributed by atoms with Gasteiger partial charge in [-0.3, -0.25) is 14.4 Å². The Kier molecular flexibility index (Phi) is 11.1. The van der Waals surface area contributed by atoms with Crippen LogP contribution in [0.4, 0.5) is 5.69 Å². The molecule has 0 saturated heterocycles. The predicted molar refractivity (Wildman–Crippen MR) is 312 cm³/mol. The standard InChI is InChI=1S/C69H43N5O4/c75-66-50-22-12-13-23-51(50)67(76)65-52(66)40-46-20-10-11-21-49(46)68(65)78-48-30-26-45(27-31-48)69(77)70-47-28-24-44(25-29-47)64-59-38-36-57(73-59)62(42-16-6-2-7-17-42)55-34-32-53(71-55)61(41-14-4-1-5-15-41)54-33-35-56(72-54)63(43-18-8-3-9-19-43)58-37-39-60(64)74-58/h1-40,71,74H,(H,70,77). The third kappa shape index (κ3) is 8.02. The summed E-state index contributed by atoms with van der Waals surface area (Å²) in [6.45, 7) is 0. The van der Waals surface area contributed by atoms with Gasteiger partial charge in [0.25, 0.3) is 5.91 Å². The molecule has 8 aromatic carbocycles. The zero-order valence-corrected chi connectivity index (χ0v) is 41.6. The van der Waals surface area contributed by atoms with Crippen molar-refractivity contribution in [1.82, 2.24) is 19.9 Å². The lowest BCUT2D eigenvalue weighted by Crippen LogP contribution is -2.21. The van der Waals surface area contributed by atoms with Crippen molar-refractivity contribution in [2.24, 2.45) is 0 Å². The first kappa shape index (κ1) is 45.8. The molecule has 78 heavy (non-hydrogen) atoms. The number of nitrogens with one attached hydrogen (secondary N) is 3. The van der Waals surface area contributed by atoms with Gasteiger partial charge in [-0.15, -0.1) is 0 Å². The van der Waals surface area contributed by atoms with Crippen LogP contribution < -0.4 is 10.1 Å². The number of carbonyl (C=O) groups excluding carboxylic acids is 3. The van der Waals surface area contributed by atoms with Crippen LogP contribution in [0, 0.1) is 0 Å². The van der Waals surface area contributed by atoms with E-state index in [1.807, 2.05) is 91.0 Å². The first-order chi connectivity index (χ1) is 38.4. The Balaban J connectivity index is 0.844. The smallest absolute Gasteiger partial charge is 0.255 e. The fourth-order valence-corrected chi connectivity index (χ4v) is 10.9. The molecule has 14 rings (SSSR count). The third-order valence-corrected chi connectivity index (χ3v) is 14.6. The second-order valence-corrected chi connectivity index (χ2v) is 19.3. The molecule has 11 aromatic rings. The second kappa shape index (κ2) is 18.9. The van der Waals surface area contributed by atoms with Crippen LogP contribution >= 0.6 is 0 Å². The molecule has 3 aromatic heterocycles. The molecule has 3 N–H and O–H groups in total. The number of carbonyl (C=O) groups is 3. The maximum absolute atomic E-state index is 14.0. The highest BCUT2D eigenvalue weighted by atomic mass is 16.5. The molecule has 0 unspecified atom stereocenters. The van der Waals surface area contributed by atoms with Crippen molar-refractivity contribution in [3.8, 4) is 56.0 Å². The number of amides is 1. The van der Waals surface area contributed by atoms with E-state index in [0.29, 0.717) is 44.8 Å². The molecule has 0 radical (unpaired) electrons. The molecule has 2 aliphatic heterocycles. The van der Waals surface area contributed by atoms with Gasteiger partial charge in [0, 0.05) is 77.6 Å². The van der Waals surface area contributed by atoms with Gasteiger partial charge < -0.3 is 20.0 Å². The van der Waals surface area contributed by atoms with E-state index in [1.54, 1.807) is 54.6 Å². The Hall–Kier alpha value is -10.8. The number of benzene rings is 8. The fraction of sp³-hybridized carbons (Fsp3) is 0. The number of aromatic amines is 2. The summed E-state index contributed by atoms with van der Waals surface area (Å²) in [6.07, 6.45) is 8.34. The lowest BCUT2D eigenvalue weighted by atomic mass is 9.82. The van der Waals surface area contributed by atoms with Gasteiger partial charge in [-0.1, -0.05) is 152 Å². The van der Waals surface area contributed by atoms with Gasteiger partial charge in [0.15, 0.2) is 11.6 Å². The van der Waals surface area contributed by atoms with Gasteiger partial charge in [0.1, 0.15) is 11.5 Å². The quantitative estimate of drug-likeness (QED) is 0.139. The van der Waals surface area contributed by atoms with E-state index in [2.05, 4.69) is 112 Å². The van der Waals surface area contributed by atoms with Gasteiger partial charge in [-0.2, -0.15) is 0 Å². The summed E-state index contributed by atoms with van der Waals surface area (Å²) in [5.41, 5.74) is 16.8. The highest BCUT2D eigenvalue weighted by Crippen LogP contribution is 2.42. The van der Waals surface area contributed by atoms with E-state index >= 15 is 0 Å². The molecule has 1 aliphatic carbocycles. The van der Waals surface area contributed by atoms with Gasteiger partial charge in [-0.05, 0) is 119 Å². The minimum absolute atomic E-state index is 0.223. The maximum Gasteiger partial charge on any atom is 0.255 e. The van der Waals surface area contributed by atoms with Crippen molar-refractivity contribution in [1.29, 1.82) is 0 Å². The molecule has 9 heteroatoms. The zero-order chi connectivity index (χ0) is 52.3. The van der Waals surface area contributed by atoms with E-state index in [9.17, 15) is 14.4 Å². The molecule has 0 saturated carbocycles. The number of hydrogen-bond donors (Lipinski definition) is 3. The van der Waals surface area contributed by atoms with E-state index < -0.39 is 0 Å². The number of anilines is 1. The van der Waals surface area contributed by atoms with Gasteiger partial charge in [0.2, 0.25) is 0 Å². The summed E-state index contributed by atoms with van der Waals surface area (Å²) < 4.78 is 6.50. The van der Waals surface area contributed by atoms with Gasteiger partial charge in [-0.25, -0.2) is 9.97 Å². The van der Waals surface area contributed by atoms with E-state index in [0.717, 1.165) is 94.7 Å². The molecular weight excluding hydrogens is 963 g/mol. The van der Waals surface area contributed by atoms with Crippen molar-refractivity contribution in [3.05, 3.63) is 269 Å². The summed E-state index contributed by atoms with van der Waals surface area (Å²) in [6, 6.07) is 70.1. The summed E-state index contributed by atoms with van der Waals surface area (Å²) >= 11 is 0. The Bertz CT molecular complexity index is 4480. The molecule has 0 fully saturated rings. The molecule has 5 heterocycles. The van der Waals surface area contributed by atoms with Crippen molar-refractivity contribution in [3.63, 3.8) is 0 Å². The van der Waals surface area contributed by atoms with Crippen LogP contribution in [0.15, 0.2) is 218 Å². The van der Waals surface area contributed by atoms with Crippen molar-refractivity contribution >= 4 is 80.3 Å². The summed E-state index contributed by atoms with van der Waals surface area (Å²) in [4.78, 5) is 60.1. The first-order valence-electron chi connectivity index (χ1n) is 25.7. The number of ketones is 2. The molecule has 368 valence electrons. The minimum atomic E-state index is -0.318. The van der Waals surface area contributed by atoms with Crippen molar-refractivity contribution < 1.29 is 19.1 Å². The Morgan fingerprint density at radius 3 is 1.31 bits per heavy atom. The molecule has 8 bridgehead atoms. The minimum Gasteiger partial charge on any atom is -0.456 e. The predicted octanol–water partition coefficient (Wildman–Crippen LogP) is 16.3. The number of aromatic nitrogens is 4. The lowest BCUT2D eigenvalue weighted by molar-refractivity contribution is 0.0977. The number of ether oxygens (including phenoxy) is 1. The summed E-state index contributed by atoms with van der Waals surface area (Å²) in [5.74, 6) is -0.124. The monoisotopic (exact) mass is 1010 g/mol. The van der Waals surface area contributed by atoms with Gasteiger partial charge >= 0.3 is 0 Å². The number of hydrogen-bond acceptors (Lipinski definition) is 6. The van der Waals surface area contributed by atoms with E-state index in [1.165, 1.54) is 0 Å². The molecule has 9 nitrogen and oxygen atoms in total. The fourth-order valence-electron chi connectivity index (χ4n) is 10.9. The SMILES string of the molecule is O=C(Nc1ccc(-c2c3nc(c(-c4ccccc4)c4ccc([nH]4)c(-c4ccccc4)c4nc(c(-c5ccccc5)c5ccc2[nH]5)C=C4)C=C3)cc1)c1ccc(Oc2c3c(cc4ccccc24)C(=O)c2ccccc2C3=O)cc1. The van der Waals surface area contributed by atoms with Crippen molar-refractivity contribution in [2.75, 3.05) is 5.32 Å². The molecule has 0 atom stereocenters. The largest absolute Gasteiger partial charge is 0.456 e. The van der Waals surface area contributed by atoms with Crippen LogP contribution in [-0.4, -0.2) is 37.4 Å². The third-order valence-electron chi connectivity index (χ3n) is 14.6. The molecular formula is C69H43N5O4. The number of fused-ring (bicyclic) bond motifs is 11. The molecule has 1 amide bonds. The topological polar surface area (TPSA) is 130 Å². The summed E-state index contributed by atoms with van der Waals surface area (Å²) in [5, 5.41) is 4.54. The molecule has 0 spiro atoms. The maximum atomic E-state index is 14.0. The van der Waals surface area contributed by atoms with Crippen LogP contribution in [0.25, 0.3) is 102 Å².